The molecule has 3 rings (SSSR count). The Labute approximate surface area is 147 Å². The summed E-state index contributed by atoms with van der Waals surface area (Å²) in [5, 5.41) is 0. The van der Waals surface area contributed by atoms with Crippen molar-refractivity contribution in [2.45, 2.75) is 26.2 Å². The predicted molar refractivity (Wildman–Crippen MR) is 95.8 cm³/mol. The number of rotatable bonds is 4. The summed E-state index contributed by atoms with van der Waals surface area (Å²) in [5.74, 6) is -0.296. The lowest BCUT2D eigenvalue weighted by molar-refractivity contribution is 0.0801. The Hall–Kier alpha value is -1.94. The number of benzene rings is 1. The van der Waals surface area contributed by atoms with Gasteiger partial charge in [0.25, 0.3) is 0 Å². The van der Waals surface area contributed by atoms with E-state index in [-0.39, 0.29) is 11.6 Å². The minimum atomic E-state index is -0.499. The quantitative estimate of drug-likeness (QED) is 0.564. The van der Waals surface area contributed by atoms with Crippen LogP contribution in [0.4, 0.5) is 8.78 Å². The van der Waals surface area contributed by atoms with Gasteiger partial charge in [-0.05, 0) is 36.1 Å². The van der Waals surface area contributed by atoms with Crippen LogP contribution in [0.5, 0.6) is 0 Å². The zero-order valence-corrected chi connectivity index (χ0v) is 14.3. The van der Waals surface area contributed by atoms with Crippen molar-refractivity contribution in [2.75, 3.05) is 13.2 Å². The van der Waals surface area contributed by atoms with Gasteiger partial charge in [-0.25, -0.2) is 8.78 Å². The first-order valence-electron chi connectivity index (χ1n) is 8.68. The van der Waals surface area contributed by atoms with Crippen LogP contribution in [-0.4, -0.2) is 20.3 Å². The molecular weight excluding hydrogens is 321 g/mol. The summed E-state index contributed by atoms with van der Waals surface area (Å²) in [6, 6.07) is 5.83. The normalized spacial score (nSPS) is 23.2. The largest absolute Gasteiger partial charge is 0.502 e. The fourth-order valence-electron chi connectivity index (χ4n) is 3.03. The minimum Gasteiger partial charge on any atom is -0.407 e. The zero-order chi connectivity index (χ0) is 17.6. The highest BCUT2D eigenvalue weighted by Crippen LogP contribution is 2.27. The van der Waals surface area contributed by atoms with E-state index in [9.17, 15) is 8.78 Å². The van der Waals surface area contributed by atoms with E-state index in [1.807, 2.05) is 12.2 Å². The molecule has 0 aromatic heterocycles. The van der Waals surface area contributed by atoms with E-state index in [2.05, 4.69) is 12.7 Å². The molecule has 130 valence electrons. The molecule has 0 spiro atoms. The number of halogens is 2. The highest BCUT2D eigenvalue weighted by Gasteiger charge is 2.29. The van der Waals surface area contributed by atoms with Gasteiger partial charge in [0, 0.05) is 30.7 Å². The molecule has 1 aliphatic heterocycles. The third kappa shape index (κ3) is 4.58. The second kappa shape index (κ2) is 8.44. The van der Waals surface area contributed by atoms with E-state index in [4.69, 9.17) is 9.31 Å². The van der Waals surface area contributed by atoms with Crippen LogP contribution in [0.2, 0.25) is 0 Å². The number of allylic oxidation sites excluding steroid dienone is 5. The summed E-state index contributed by atoms with van der Waals surface area (Å²) in [5.41, 5.74) is 4.81. The topological polar surface area (TPSA) is 18.5 Å². The van der Waals surface area contributed by atoms with Crippen molar-refractivity contribution in [3.63, 3.8) is 0 Å². The van der Waals surface area contributed by atoms with Gasteiger partial charge >= 0.3 is 7.12 Å². The molecular formula is C20H21BF2O2. The zero-order valence-electron chi connectivity index (χ0n) is 14.3. The Morgan fingerprint density at radius 2 is 1.88 bits per heavy atom. The van der Waals surface area contributed by atoms with E-state index in [0.29, 0.717) is 42.2 Å². The highest BCUT2D eigenvalue weighted by molar-refractivity contribution is 6.54. The summed E-state index contributed by atoms with van der Waals surface area (Å²) in [7, 11) is -0.499. The Kier molecular flexibility index (Phi) is 6.03. The molecule has 0 bridgehead atoms. The van der Waals surface area contributed by atoms with Crippen LogP contribution >= 0.6 is 0 Å². The molecule has 0 amide bonds. The standard InChI is InChI=1S/C20H21BF2O2/c1-2-4-15-13-24-21(25-14-15)17-5-3-6-19(20(23)12-9-17)16-7-10-18(22)11-8-16/h3,5,7-8,10-12,15H,2,4,6,13-14H2,1H3/b5-3-,20-19-. The van der Waals surface area contributed by atoms with Gasteiger partial charge in [-0.1, -0.05) is 37.6 Å². The molecule has 0 atom stereocenters. The van der Waals surface area contributed by atoms with Crippen LogP contribution < -0.4 is 0 Å². The van der Waals surface area contributed by atoms with Crippen molar-refractivity contribution in [3.05, 3.63) is 70.9 Å². The van der Waals surface area contributed by atoms with E-state index in [1.54, 1.807) is 12.1 Å². The lowest BCUT2D eigenvalue weighted by atomic mass is 9.76. The van der Waals surface area contributed by atoms with Gasteiger partial charge in [0.1, 0.15) is 11.6 Å². The first-order valence-corrected chi connectivity index (χ1v) is 8.68. The molecule has 1 heterocycles. The summed E-state index contributed by atoms with van der Waals surface area (Å²) in [6.07, 6.45) is 7.62. The molecule has 1 aliphatic carbocycles. The fraction of sp³-hybridized carbons (Fsp3) is 0.350. The van der Waals surface area contributed by atoms with Crippen LogP contribution in [-0.2, 0) is 9.31 Å². The van der Waals surface area contributed by atoms with Crippen LogP contribution in [0, 0.1) is 11.7 Å². The minimum absolute atomic E-state index is 0.336. The van der Waals surface area contributed by atoms with E-state index in [0.717, 1.165) is 12.8 Å². The molecule has 2 aliphatic rings. The van der Waals surface area contributed by atoms with Crippen LogP contribution in [0.15, 0.2) is 59.5 Å². The van der Waals surface area contributed by atoms with E-state index < -0.39 is 7.12 Å². The Morgan fingerprint density at radius 3 is 2.56 bits per heavy atom. The van der Waals surface area contributed by atoms with Crippen LogP contribution in [0.25, 0.3) is 5.57 Å². The Morgan fingerprint density at radius 1 is 1.16 bits per heavy atom. The highest BCUT2D eigenvalue weighted by atomic mass is 19.1. The fourth-order valence-corrected chi connectivity index (χ4v) is 3.03. The SMILES string of the molecule is CCCC1COB(C2=C=C/C(F)=C(/c3ccc(F)cc3)C/C=C\2)OC1. The van der Waals surface area contributed by atoms with Gasteiger partial charge in [0.05, 0.1) is 0 Å². The molecule has 25 heavy (non-hydrogen) atoms. The van der Waals surface area contributed by atoms with Crippen molar-refractivity contribution in [1.82, 2.24) is 0 Å². The van der Waals surface area contributed by atoms with Gasteiger partial charge in [0.2, 0.25) is 0 Å². The van der Waals surface area contributed by atoms with E-state index >= 15 is 0 Å². The van der Waals surface area contributed by atoms with Crippen molar-refractivity contribution < 1.29 is 18.1 Å². The van der Waals surface area contributed by atoms with Gasteiger partial charge in [0.15, 0.2) is 0 Å². The van der Waals surface area contributed by atoms with Gasteiger partial charge in [-0.15, -0.1) is 5.73 Å². The molecule has 0 unspecified atom stereocenters. The summed E-state index contributed by atoms with van der Waals surface area (Å²) < 4.78 is 39.1. The predicted octanol–water partition coefficient (Wildman–Crippen LogP) is 5.04. The summed E-state index contributed by atoms with van der Waals surface area (Å²) in [6.45, 7) is 3.44. The first-order chi connectivity index (χ1) is 12.2. The average Bonchev–Trinajstić information content (AvgIpc) is 2.61. The maximum absolute atomic E-state index is 14.5. The van der Waals surface area contributed by atoms with E-state index in [1.165, 1.54) is 18.2 Å². The molecule has 5 heteroatoms. The molecule has 1 saturated heterocycles. The molecule has 1 aromatic rings. The molecule has 0 radical (unpaired) electrons. The molecule has 1 fully saturated rings. The maximum atomic E-state index is 14.5. The Balaban J connectivity index is 1.78. The number of hydrogen-bond acceptors (Lipinski definition) is 2. The molecule has 0 N–H and O–H groups in total. The molecule has 2 nitrogen and oxygen atoms in total. The third-order valence-corrected chi connectivity index (χ3v) is 4.38. The Bertz CT molecular complexity index is 723. The first kappa shape index (κ1) is 17.9. The molecule has 0 saturated carbocycles. The summed E-state index contributed by atoms with van der Waals surface area (Å²) >= 11 is 0. The van der Waals surface area contributed by atoms with Gasteiger partial charge in [-0.3, -0.25) is 0 Å². The van der Waals surface area contributed by atoms with Crippen molar-refractivity contribution in [1.29, 1.82) is 0 Å². The lowest BCUT2D eigenvalue weighted by Crippen LogP contribution is -2.36. The van der Waals surface area contributed by atoms with Crippen molar-refractivity contribution >= 4 is 12.7 Å². The van der Waals surface area contributed by atoms with Gasteiger partial charge in [-0.2, -0.15) is 0 Å². The number of hydrogen-bond donors (Lipinski definition) is 0. The van der Waals surface area contributed by atoms with Crippen molar-refractivity contribution in [3.8, 4) is 0 Å². The monoisotopic (exact) mass is 342 g/mol. The lowest BCUT2D eigenvalue weighted by Gasteiger charge is -2.27. The summed E-state index contributed by atoms with van der Waals surface area (Å²) in [4.78, 5) is 0. The third-order valence-electron chi connectivity index (χ3n) is 4.38. The molecule has 1 aromatic carbocycles. The van der Waals surface area contributed by atoms with Gasteiger partial charge < -0.3 is 9.31 Å². The van der Waals surface area contributed by atoms with Crippen LogP contribution in [0.3, 0.4) is 0 Å². The van der Waals surface area contributed by atoms with Crippen molar-refractivity contribution in [2.24, 2.45) is 5.92 Å². The smallest absolute Gasteiger partial charge is 0.407 e. The second-order valence-corrected chi connectivity index (χ2v) is 6.34. The average molecular weight is 342 g/mol. The maximum Gasteiger partial charge on any atom is 0.502 e. The second-order valence-electron chi connectivity index (χ2n) is 6.34. The van der Waals surface area contributed by atoms with Crippen LogP contribution in [0.1, 0.15) is 31.7 Å².